The molecular weight excluding hydrogens is 539 g/mol. The summed E-state index contributed by atoms with van der Waals surface area (Å²) in [4.78, 5) is 9.68. The molecule has 5 heteroatoms. The average molecular weight is 585 g/mol. The molecule has 0 bridgehead atoms. The van der Waals surface area contributed by atoms with Crippen molar-refractivity contribution in [2.75, 3.05) is 0 Å². The average Bonchev–Trinajstić information content (AvgIpc) is 2.87. The van der Waals surface area contributed by atoms with Crippen LogP contribution in [0.2, 0.25) is 0 Å². The van der Waals surface area contributed by atoms with Gasteiger partial charge in [-0.2, -0.15) is 0 Å². The third kappa shape index (κ3) is 12.5. The molecule has 0 radical (unpaired) electrons. The van der Waals surface area contributed by atoms with Crippen LogP contribution in [0.3, 0.4) is 0 Å². The topological polar surface area (TPSA) is 70.8 Å². The molecule has 0 heterocycles. The van der Waals surface area contributed by atoms with E-state index in [0.717, 1.165) is 35.5 Å². The van der Waals surface area contributed by atoms with Crippen molar-refractivity contribution in [1.29, 1.82) is 0 Å². The zero-order valence-corrected chi connectivity index (χ0v) is 26.4. The van der Waals surface area contributed by atoms with Gasteiger partial charge in [0.2, 0.25) is 0 Å². The van der Waals surface area contributed by atoms with Crippen LogP contribution in [0, 0.1) is 34.6 Å². The van der Waals surface area contributed by atoms with Gasteiger partial charge in [-0.15, -0.1) is 11.5 Å². The van der Waals surface area contributed by atoms with E-state index in [4.69, 9.17) is 9.98 Å². The maximum absolute atomic E-state index is 11.0. The van der Waals surface area contributed by atoms with Crippen LogP contribution < -0.4 is 10.2 Å². The predicted octanol–water partition coefficient (Wildman–Crippen LogP) is 8.85. The van der Waals surface area contributed by atoms with E-state index >= 15 is 0 Å². The Morgan fingerprint density at radius 3 is 1.77 bits per heavy atom. The van der Waals surface area contributed by atoms with Crippen LogP contribution in [0.25, 0.3) is 0 Å². The van der Waals surface area contributed by atoms with E-state index in [2.05, 4.69) is 71.0 Å². The summed E-state index contributed by atoms with van der Waals surface area (Å²) in [5, 5.41) is 21.8. The normalized spacial score (nSPS) is 11.2. The van der Waals surface area contributed by atoms with E-state index in [1.807, 2.05) is 13.1 Å². The van der Waals surface area contributed by atoms with Crippen LogP contribution >= 0.6 is 0 Å². The maximum atomic E-state index is 11.0. The summed E-state index contributed by atoms with van der Waals surface area (Å²) in [6, 6.07) is 16.0. The first-order chi connectivity index (χ1) is 18.6. The van der Waals surface area contributed by atoms with Gasteiger partial charge in [0.1, 0.15) is 0 Å². The fraction of sp³-hybridized carbons (Fsp3) is 0.429. The first-order valence-corrected chi connectivity index (χ1v) is 14.4. The fourth-order valence-corrected chi connectivity index (χ4v) is 4.68. The number of unbranched alkanes of at least 4 members (excludes halogenated alkanes) is 5. The van der Waals surface area contributed by atoms with Gasteiger partial charge in [-0.05, 0) is 106 Å². The molecule has 0 saturated heterocycles. The van der Waals surface area contributed by atoms with Gasteiger partial charge in [-0.3, -0.25) is 9.98 Å². The Morgan fingerprint density at radius 1 is 0.700 bits per heavy atom. The first-order valence-electron chi connectivity index (χ1n) is 14.4. The molecule has 0 N–H and O–H groups in total. The summed E-state index contributed by atoms with van der Waals surface area (Å²) in [6.45, 7) is 14.4. The molecule has 4 nitrogen and oxygen atoms in total. The summed E-state index contributed by atoms with van der Waals surface area (Å²) in [5.74, 6) is -0.760. The number of benzene rings is 3. The molecule has 0 fully saturated rings. The molecule has 0 aliphatic heterocycles. The maximum Gasteiger partial charge on any atom is 2.00 e. The van der Waals surface area contributed by atoms with Crippen molar-refractivity contribution >= 4 is 23.3 Å². The van der Waals surface area contributed by atoms with Crippen molar-refractivity contribution in [2.45, 2.75) is 99.8 Å². The van der Waals surface area contributed by atoms with Crippen LogP contribution in [0.5, 0.6) is 11.5 Å². The summed E-state index contributed by atoms with van der Waals surface area (Å²) in [6.07, 6.45) is 11.5. The Kier molecular flexibility index (Phi) is 16.2. The molecule has 0 aromatic heterocycles. The molecule has 0 aliphatic carbocycles. The molecule has 3 rings (SSSR count). The number of nitrogens with zero attached hydrogens (tertiary/aromatic N) is 2. The second-order valence-electron chi connectivity index (χ2n) is 10.6. The van der Waals surface area contributed by atoms with E-state index in [-0.39, 0.29) is 22.2 Å². The van der Waals surface area contributed by atoms with Crippen molar-refractivity contribution in [3.8, 4) is 11.5 Å². The molecule has 0 spiro atoms. The minimum absolute atomic E-state index is 0. The van der Waals surface area contributed by atoms with Gasteiger partial charge >= 0.3 is 16.5 Å². The minimum Gasteiger partial charge on any atom is -0.873 e. The molecular formula is C35H46N2NiO2. The monoisotopic (exact) mass is 584 g/mol. The van der Waals surface area contributed by atoms with E-state index in [1.165, 1.54) is 66.8 Å². The minimum atomic E-state index is -0.403. The van der Waals surface area contributed by atoms with Crippen LogP contribution in [-0.4, -0.2) is 11.9 Å². The molecule has 0 atom stereocenters. The number of aliphatic imine (C=N–C) groups is 2. The van der Waals surface area contributed by atoms with Crippen molar-refractivity contribution in [3.05, 3.63) is 81.9 Å². The first kappa shape index (κ1) is 35.1. The number of hydrogen-bond acceptors (Lipinski definition) is 4. The number of aryl methyl sites for hydroxylation is 5. The summed E-state index contributed by atoms with van der Waals surface area (Å²) in [5.41, 5.74) is 9.67. The standard InChI is InChI=1S/C26H36N2.C9H12O2.Ni/c1-6-7-8-9-10-11-12-24(28-26-17-22(4)14-23(5)18-26)19-27-25-15-20(2)13-21(3)16-25;1-3-7-4-5-8(10)9(11)6(7)2;/h13-19H,6-12H2,1-5H3;4-5,10-11H,3H2,1-2H3;/q;;+2/p-2. The molecule has 218 valence electrons. The Balaban J connectivity index is 0.000000559. The van der Waals surface area contributed by atoms with Gasteiger partial charge < -0.3 is 10.2 Å². The Labute approximate surface area is 252 Å². The Hall–Kier alpha value is -2.91. The molecule has 0 aliphatic rings. The van der Waals surface area contributed by atoms with Gasteiger partial charge in [-0.25, -0.2) is 0 Å². The third-order valence-corrected chi connectivity index (χ3v) is 6.70. The van der Waals surface area contributed by atoms with E-state index in [0.29, 0.717) is 5.56 Å². The van der Waals surface area contributed by atoms with Crippen LogP contribution in [0.4, 0.5) is 11.4 Å². The van der Waals surface area contributed by atoms with E-state index in [1.54, 1.807) is 13.0 Å². The van der Waals surface area contributed by atoms with Crippen molar-refractivity contribution in [1.82, 2.24) is 0 Å². The van der Waals surface area contributed by atoms with Crippen LogP contribution in [-0.2, 0) is 22.9 Å². The largest absolute Gasteiger partial charge is 2.00 e. The predicted molar refractivity (Wildman–Crippen MR) is 165 cm³/mol. The zero-order valence-electron chi connectivity index (χ0n) is 25.4. The quantitative estimate of drug-likeness (QED) is 0.128. The summed E-state index contributed by atoms with van der Waals surface area (Å²) >= 11 is 0. The van der Waals surface area contributed by atoms with Crippen LogP contribution in [0.15, 0.2) is 58.5 Å². The molecule has 0 amide bonds. The Morgan fingerprint density at radius 2 is 1.23 bits per heavy atom. The fourth-order valence-electron chi connectivity index (χ4n) is 4.68. The van der Waals surface area contributed by atoms with Gasteiger partial charge in [0.25, 0.3) is 0 Å². The zero-order chi connectivity index (χ0) is 28.8. The third-order valence-electron chi connectivity index (χ3n) is 6.70. The van der Waals surface area contributed by atoms with Crippen molar-refractivity contribution < 1.29 is 26.7 Å². The van der Waals surface area contributed by atoms with Gasteiger partial charge in [0.15, 0.2) is 0 Å². The molecule has 0 saturated carbocycles. The van der Waals surface area contributed by atoms with Crippen molar-refractivity contribution in [2.24, 2.45) is 9.98 Å². The SMILES string of the molecule is CCCCCCCCC(C=Nc1cc(C)cc(C)c1)=Nc1cc(C)cc(C)c1.CCc1ccc([O-])c([O-])c1C.[Ni+2]. The molecule has 40 heavy (non-hydrogen) atoms. The van der Waals surface area contributed by atoms with Gasteiger partial charge in [0, 0.05) is 6.21 Å². The summed E-state index contributed by atoms with van der Waals surface area (Å²) in [7, 11) is 0. The van der Waals surface area contributed by atoms with E-state index < -0.39 is 5.75 Å². The smallest absolute Gasteiger partial charge is 0.873 e. The second kappa shape index (κ2) is 18.4. The molecule has 3 aromatic rings. The molecule has 3 aromatic carbocycles. The van der Waals surface area contributed by atoms with Gasteiger partial charge in [-0.1, -0.05) is 75.8 Å². The number of rotatable bonds is 11. The second-order valence-corrected chi connectivity index (χ2v) is 10.6. The van der Waals surface area contributed by atoms with Crippen LogP contribution in [0.1, 0.15) is 92.2 Å². The number of hydrogen-bond donors (Lipinski definition) is 0. The van der Waals surface area contributed by atoms with Crippen molar-refractivity contribution in [3.63, 3.8) is 0 Å². The van der Waals surface area contributed by atoms with E-state index in [9.17, 15) is 10.2 Å². The summed E-state index contributed by atoms with van der Waals surface area (Å²) < 4.78 is 0. The Bertz CT molecular complexity index is 1220. The molecule has 0 unspecified atom stereocenters. The van der Waals surface area contributed by atoms with Gasteiger partial charge in [0.05, 0.1) is 17.1 Å².